The van der Waals surface area contributed by atoms with Crippen molar-refractivity contribution in [3.63, 3.8) is 0 Å². The van der Waals surface area contributed by atoms with Crippen molar-refractivity contribution < 1.29 is 4.79 Å². The maximum absolute atomic E-state index is 11.3. The van der Waals surface area contributed by atoms with E-state index < -0.39 is 0 Å². The van der Waals surface area contributed by atoms with Crippen molar-refractivity contribution in [3.05, 3.63) is 0 Å². The second-order valence-corrected chi connectivity index (χ2v) is 4.15. The van der Waals surface area contributed by atoms with Crippen molar-refractivity contribution in [2.75, 3.05) is 27.2 Å². The van der Waals surface area contributed by atoms with E-state index in [1.165, 1.54) is 0 Å². The standard InChI is InChI=1S/C10H21N3O/c1-8-6-9(4-5-13(8)3)12-10(14)7-11-2/h8-9,11H,4-7H2,1-3H3,(H,12,14). The first-order valence-electron chi connectivity index (χ1n) is 5.27. The lowest BCUT2D eigenvalue weighted by molar-refractivity contribution is -0.121. The van der Waals surface area contributed by atoms with Crippen LogP contribution in [0.25, 0.3) is 0 Å². The molecule has 2 atom stereocenters. The minimum atomic E-state index is 0.106. The van der Waals surface area contributed by atoms with E-state index >= 15 is 0 Å². The number of nitrogens with zero attached hydrogens (tertiary/aromatic N) is 1. The monoisotopic (exact) mass is 199 g/mol. The number of amides is 1. The molecule has 4 nitrogen and oxygen atoms in total. The lowest BCUT2D eigenvalue weighted by Gasteiger charge is -2.35. The average molecular weight is 199 g/mol. The van der Waals surface area contributed by atoms with Crippen LogP contribution in [0.15, 0.2) is 0 Å². The highest BCUT2D eigenvalue weighted by molar-refractivity contribution is 5.78. The summed E-state index contributed by atoms with van der Waals surface area (Å²) >= 11 is 0. The second kappa shape index (κ2) is 5.32. The van der Waals surface area contributed by atoms with Gasteiger partial charge in [-0.1, -0.05) is 0 Å². The first kappa shape index (κ1) is 11.5. The molecule has 1 rings (SSSR count). The van der Waals surface area contributed by atoms with E-state index in [-0.39, 0.29) is 5.91 Å². The summed E-state index contributed by atoms with van der Waals surface area (Å²) < 4.78 is 0. The fraction of sp³-hybridized carbons (Fsp3) is 0.900. The molecule has 0 aromatic heterocycles. The van der Waals surface area contributed by atoms with Crippen LogP contribution in [-0.2, 0) is 4.79 Å². The fourth-order valence-corrected chi connectivity index (χ4v) is 1.86. The van der Waals surface area contributed by atoms with Gasteiger partial charge in [0.25, 0.3) is 0 Å². The topological polar surface area (TPSA) is 44.4 Å². The zero-order valence-electron chi connectivity index (χ0n) is 9.34. The first-order valence-corrected chi connectivity index (χ1v) is 5.27. The second-order valence-electron chi connectivity index (χ2n) is 4.15. The van der Waals surface area contributed by atoms with Gasteiger partial charge < -0.3 is 15.5 Å². The van der Waals surface area contributed by atoms with E-state index in [2.05, 4.69) is 29.5 Å². The van der Waals surface area contributed by atoms with Crippen LogP contribution >= 0.6 is 0 Å². The Bertz CT molecular complexity index is 196. The minimum Gasteiger partial charge on any atom is -0.352 e. The largest absolute Gasteiger partial charge is 0.352 e. The summed E-state index contributed by atoms with van der Waals surface area (Å²) in [4.78, 5) is 13.6. The van der Waals surface area contributed by atoms with Crippen molar-refractivity contribution in [3.8, 4) is 0 Å². The molecule has 0 aromatic rings. The SMILES string of the molecule is CNCC(=O)NC1CCN(C)C(C)C1. The zero-order valence-corrected chi connectivity index (χ0v) is 9.34. The summed E-state index contributed by atoms with van der Waals surface area (Å²) in [6.45, 7) is 3.70. The number of carbonyl (C=O) groups excluding carboxylic acids is 1. The highest BCUT2D eigenvalue weighted by atomic mass is 16.1. The Morgan fingerprint density at radius 3 is 2.86 bits per heavy atom. The smallest absolute Gasteiger partial charge is 0.234 e. The van der Waals surface area contributed by atoms with Gasteiger partial charge in [0.2, 0.25) is 5.91 Å². The van der Waals surface area contributed by atoms with Gasteiger partial charge in [-0.25, -0.2) is 0 Å². The molecule has 1 heterocycles. The molecule has 1 amide bonds. The van der Waals surface area contributed by atoms with Crippen LogP contribution in [0.3, 0.4) is 0 Å². The van der Waals surface area contributed by atoms with Crippen LogP contribution in [0.1, 0.15) is 19.8 Å². The van der Waals surface area contributed by atoms with Crippen molar-refractivity contribution >= 4 is 5.91 Å². The molecule has 1 aliphatic heterocycles. The molecule has 2 N–H and O–H groups in total. The molecular formula is C10H21N3O. The summed E-state index contributed by atoms with van der Waals surface area (Å²) in [7, 11) is 3.92. The molecular weight excluding hydrogens is 178 g/mol. The highest BCUT2D eigenvalue weighted by Crippen LogP contribution is 2.14. The summed E-state index contributed by atoms with van der Waals surface area (Å²) in [5, 5.41) is 5.90. The predicted octanol–water partition coefficient (Wildman–Crippen LogP) is -0.195. The Morgan fingerprint density at radius 1 is 1.57 bits per heavy atom. The third-order valence-corrected chi connectivity index (χ3v) is 2.91. The van der Waals surface area contributed by atoms with E-state index in [0.29, 0.717) is 18.6 Å². The number of likely N-dealkylation sites (tertiary alicyclic amines) is 1. The van der Waals surface area contributed by atoms with Crippen LogP contribution in [-0.4, -0.2) is 50.1 Å². The molecule has 0 spiro atoms. The van der Waals surface area contributed by atoms with Crippen molar-refractivity contribution in [1.29, 1.82) is 0 Å². The number of hydrogen-bond donors (Lipinski definition) is 2. The fourth-order valence-electron chi connectivity index (χ4n) is 1.86. The van der Waals surface area contributed by atoms with Gasteiger partial charge in [0, 0.05) is 18.6 Å². The van der Waals surface area contributed by atoms with Crippen LogP contribution < -0.4 is 10.6 Å². The van der Waals surface area contributed by atoms with E-state index in [1.807, 2.05) is 0 Å². The molecule has 14 heavy (non-hydrogen) atoms. The number of nitrogens with one attached hydrogen (secondary N) is 2. The number of piperidine rings is 1. The number of carbonyl (C=O) groups is 1. The van der Waals surface area contributed by atoms with Gasteiger partial charge in [0.05, 0.1) is 6.54 Å². The van der Waals surface area contributed by atoms with Gasteiger partial charge in [0.15, 0.2) is 0 Å². The van der Waals surface area contributed by atoms with Gasteiger partial charge in [-0.3, -0.25) is 4.79 Å². The van der Waals surface area contributed by atoms with Crippen LogP contribution in [0.2, 0.25) is 0 Å². The predicted molar refractivity (Wildman–Crippen MR) is 57.2 cm³/mol. The van der Waals surface area contributed by atoms with Gasteiger partial charge in [-0.15, -0.1) is 0 Å². The molecule has 1 saturated heterocycles. The van der Waals surface area contributed by atoms with E-state index in [1.54, 1.807) is 7.05 Å². The normalized spacial score (nSPS) is 28.8. The van der Waals surface area contributed by atoms with Crippen molar-refractivity contribution in [2.24, 2.45) is 0 Å². The number of likely N-dealkylation sites (N-methyl/N-ethyl adjacent to an activating group) is 1. The van der Waals surface area contributed by atoms with Crippen LogP contribution in [0.4, 0.5) is 0 Å². The molecule has 4 heteroatoms. The number of hydrogen-bond acceptors (Lipinski definition) is 3. The van der Waals surface area contributed by atoms with E-state index in [9.17, 15) is 4.79 Å². The lowest BCUT2D eigenvalue weighted by atomic mass is 9.99. The quantitative estimate of drug-likeness (QED) is 0.662. The molecule has 1 aliphatic rings. The molecule has 0 bridgehead atoms. The number of rotatable bonds is 3. The maximum atomic E-state index is 11.3. The molecule has 2 unspecified atom stereocenters. The van der Waals surface area contributed by atoms with Gasteiger partial charge in [-0.2, -0.15) is 0 Å². The summed E-state index contributed by atoms with van der Waals surface area (Å²) in [6.07, 6.45) is 2.13. The first-order chi connectivity index (χ1) is 6.63. The van der Waals surface area contributed by atoms with Crippen LogP contribution in [0.5, 0.6) is 0 Å². The Morgan fingerprint density at radius 2 is 2.29 bits per heavy atom. The molecule has 0 radical (unpaired) electrons. The average Bonchev–Trinajstić information content (AvgIpc) is 2.12. The van der Waals surface area contributed by atoms with Crippen molar-refractivity contribution in [2.45, 2.75) is 31.8 Å². The van der Waals surface area contributed by atoms with Gasteiger partial charge in [0.1, 0.15) is 0 Å². The highest BCUT2D eigenvalue weighted by Gasteiger charge is 2.23. The summed E-state index contributed by atoms with van der Waals surface area (Å²) in [5.41, 5.74) is 0. The molecule has 82 valence electrons. The minimum absolute atomic E-state index is 0.106. The Labute approximate surface area is 86.0 Å². The Hall–Kier alpha value is -0.610. The van der Waals surface area contributed by atoms with E-state index in [4.69, 9.17) is 0 Å². The molecule has 0 aromatic carbocycles. The van der Waals surface area contributed by atoms with Gasteiger partial charge in [-0.05, 0) is 33.9 Å². The lowest BCUT2D eigenvalue weighted by Crippen LogP contribution is -2.48. The molecule has 0 aliphatic carbocycles. The van der Waals surface area contributed by atoms with Crippen molar-refractivity contribution in [1.82, 2.24) is 15.5 Å². The third kappa shape index (κ3) is 3.27. The zero-order chi connectivity index (χ0) is 10.6. The maximum Gasteiger partial charge on any atom is 0.234 e. The Balaban J connectivity index is 2.29. The summed E-state index contributed by atoms with van der Waals surface area (Å²) in [5.74, 6) is 0.106. The third-order valence-electron chi connectivity index (χ3n) is 2.91. The Kier molecular flexibility index (Phi) is 4.35. The van der Waals surface area contributed by atoms with Crippen LogP contribution in [0, 0.1) is 0 Å². The summed E-state index contributed by atoms with van der Waals surface area (Å²) in [6, 6.07) is 0.936. The van der Waals surface area contributed by atoms with E-state index in [0.717, 1.165) is 19.4 Å². The molecule has 1 fully saturated rings. The van der Waals surface area contributed by atoms with Gasteiger partial charge >= 0.3 is 0 Å². The molecule has 0 saturated carbocycles.